The zero-order chi connectivity index (χ0) is 21.9. The van der Waals surface area contributed by atoms with Gasteiger partial charge in [0.05, 0.1) is 34.4 Å². The number of primary sulfonamides is 1. The fraction of sp³-hybridized carbons (Fsp3) is 0.100. The van der Waals surface area contributed by atoms with Crippen molar-refractivity contribution in [3.63, 3.8) is 0 Å². The van der Waals surface area contributed by atoms with Gasteiger partial charge in [-0.25, -0.2) is 26.3 Å². The van der Waals surface area contributed by atoms with Crippen molar-refractivity contribution in [1.82, 2.24) is 0 Å². The van der Waals surface area contributed by atoms with Crippen molar-refractivity contribution in [3.05, 3.63) is 83.9 Å². The van der Waals surface area contributed by atoms with E-state index in [1.54, 1.807) is 36.4 Å². The Morgan fingerprint density at radius 3 is 1.63 bits per heavy atom. The van der Waals surface area contributed by atoms with Crippen molar-refractivity contribution in [1.29, 1.82) is 0 Å². The molecule has 3 rings (SSSR count). The molecule has 158 valence electrons. The number of aliphatic hydroxyl groups is 2. The van der Waals surface area contributed by atoms with E-state index in [0.717, 1.165) is 10.4 Å². The first-order valence-electron chi connectivity index (χ1n) is 8.76. The number of nitrogens with two attached hydrogens (primary N) is 1. The van der Waals surface area contributed by atoms with Gasteiger partial charge in [0, 0.05) is 11.1 Å². The minimum absolute atomic E-state index is 0.168. The fourth-order valence-corrected chi connectivity index (χ4v) is 5.24. The Morgan fingerprint density at radius 2 is 1.17 bits per heavy atom. The maximum Gasteiger partial charge on any atom is 0.268 e. The summed E-state index contributed by atoms with van der Waals surface area (Å²) in [5.41, 5.74) is 0.997. The second-order valence-electron chi connectivity index (χ2n) is 6.36. The predicted octanol–water partition coefficient (Wildman–Crippen LogP) is 1.85. The van der Waals surface area contributed by atoms with Crippen LogP contribution < -0.4 is 9.44 Å². The van der Waals surface area contributed by atoms with E-state index in [4.69, 9.17) is 5.14 Å². The first-order valence-corrected chi connectivity index (χ1v) is 11.7. The third-order valence-electron chi connectivity index (χ3n) is 4.43. The maximum atomic E-state index is 13.7. The molecule has 0 aliphatic rings. The minimum atomic E-state index is -4.36. The van der Waals surface area contributed by atoms with Crippen molar-refractivity contribution in [2.24, 2.45) is 5.14 Å². The third-order valence-corrected chi connectivity index (χ3v) is 7.07. The average molecular weight is 449 g/mol. The van der Waals surface area contributed by atoms with Crippen LogP contribution in [-0.4, -0.2) is 27.0 Å². The molecule has 0 aliphatic carbocycles. The van der Waals surface area contributed by atoms with Gasteiger partial charge in [-0.05, 0) is 30.3 Å². The number of sulfonamides is 2. The van der Waals surface area contributed by atoms with E-state index in [-0.39, 0.29) is 21.2 Å². The number of benzene rings is 3. The Labute approximate surface area is 174 Å². The van der Waals surface area contributed by atoms with Crippen molar-refractivity contribution in [2.75, 3.05) is 4.31 Å². The van der Waals surface area contributed by atoms with Gasteiger partial charge in [-0.15, -0.1) is 0 Å². The van der Waals surface area contributed by atoms with Gasteiger partial charge in [-0.2, -0.15) is 0 Å². The van der Waals surface area contributed by atoms with Gasteiger partial charge in [-0.1, -0.05) is 42.5 Å². The zero-order valence-electron chi connectivity index (χ0n) is 15.7. The SMILES string of the molecule is NS(=O)(=O)c1cccc(S(=O)(=O)N(c2ccccc2CO)c2ccccc2CO)c1. The summed E-state index contributed by atoms with van der Waals surface area (Å²) < 4.78 is 51.8. The van der Waals surface area contributed by atoms with Crippen LogP contribution in [0.3, 0.4) is 0 Å². The van der Waals surface area contributed by atoms with Crippen LogP contribution in [0, 0.1) is 0 Å². The molecule has 0 unspecified atom stereocenters. The molecule has 0 aliphatic heterocycles. The standard InChI is InChI=1S/C20H20N2O6S2/c21-29(25,26)17-8-5-9-18(12-17)30(27,28)22(19-10-3-1-6-15(19)13-23)20-11-4-2-7-16(20)14-24/h1-12,23-24H,13-14H2,(H2,21,25,26). The molecule has 0 bridgehead atoms. The smallest absolute Gasteiger partial charge is 0.268 e. The number of rotatable bonds is 7. The highest BCUT2D eigenvalue weighted by Gasteiger charge is 2.30. The molecular formula is C20H20N2O6S2. The lowest BCUT2D eigenvalue weighted by molar-refractivity contribution is 0.282. The van der Waals surface area contributed by atoms with Crippen molar-refractivity contribution in [2.45, 2.75) is 23.0 Å². The fourth-order valence-electron chi connectivity index (χ4n) is 2.99. The van der Waals surface area contributed by atoms with Crippen LogP contribution in [0.25, 0.3) is 0 Å². The van der Waals surface area contributed by atoms with E-state index in [2.05, 4.69) is 0 Å². The van der Waals surface area contributed by atoms with Crippen LogP contribution in [0.5, 0.6) is 0 Å². The lowest BCUT2D eigenvalue weighted by atomic mass is 10.1. The molecule has 8 nitrogen and oxygen atoms in total. The number of para-hydroxylation sites is 2. The summed E-state index contributed by atoms with van der Waals surface area (Å²) in [5.74, 6) is 0. The second kappa shape index (κ2) is 8.54. The van der Waals surface area contributed by atoms with E-state index in [9.17, 15) is 27.0 Å². The Morgan fingerprint density at radius 1 is 0.700 bits per heavy atom. The number of nitrogens with zero attached hydrogens (tertiary/aromatic N) is 1. The molecule has 0 radical (unpaired) electrons. The molecule has 10 heteroatoms. The van der Waals surface area contributed by atoms with Crippen LogP contribution in [0.2, 0.25) is 0 Å². The molecular weight excluding hydrogens is 428 g/mol. The highest BCUT2D eigenvalue weighted by Crippen LogP contribution is 2.37. The Hall–Kier alpha value is -2.76. The number of hydrogen-bond donors (Lipinski definition) is 3. The van der Waals surface area contributed by atoms with Crippen molar-refractivity contribution < 1.29 is 27.0 Å². The van der Waals surface area contributed by atoms with Crippen molar-refractivity contribution in [3.8, 4) is 0 Å². The van der Waals surface area contributed by atoms with Gasteiger partial charge in [0.25, 0.3) is 10.0 Å². The second-order valence-corrected chi connectivity index (χ2v) is 9.71. The molecule has 0 amide bonds. The lowest BCUT2D eigenvalue weighted by Gasteiger charge is -2.28. The Kier molecular flexibility index (Phi) is 6.25. The summed E-state index contributed by atoms with van der Waals surface area (Å²) in [4.78, 5) is -0.663. The summed E-state index contributed by atoms with van der Waals surface area (Å²) >= 11 is 0. The van der Waals surface area contributed by atoms with Gasteiger partial charge in [0.2, 0.25) is 10.0 Å². The van der Waals surface area contributed by atoms with E-state index in [0.29, 0.717) is 11.1 Å². The molecule has 0 atom stereocenters. The largest absolute Gasteiger partial charge is 0.392 e. The zero-order valence-corrected chi connectivity index (χ0v) is 17.3. The summed E-state index contributed by atoms with van der Waals surface area (Å²) in [7, 11) is -8.49. The van der Waals surface area contributed by atoms with Crippen molar-refractivity contribution >= 4 is 31.4 Å². The predicted molar refractivity (Wildman–Crippen MR) is 112 cm³/mol. The summed E-state index contributed by atoms with van der Waals surface area (Å²) in [6, 6.07) is 17.4. The molecule has 0 spiro atoms. The molecule has 0 fully saturated rings. The van der Waals surface area contributed by atoms with E-state index in [1.165, 1.54) is 30.3 Å². The highest BCUT2D eigenvalue weighted by atomic mass is 32.2. The number of aliphatic hydroxyl groups excluding tert-OH is 2. The van der Waals surface area contributed by atoms with Gasteiger partial charge in [0.1, 0.15) is 0 Å². The molecule has 3 aromatic rings. The van der Waals surface area contributed by atoms with Gasteiger partial charge >= 0.3 is 0 Å². The van der Waals surface area contributed by atoms with E-state index >= 15 is 0 Å². The Balaban J connectivity index is 2.33. The maximum absolute atomic E-state index is 13.7. The number of hydrogen-bond acceptors (Lipinski definition) is 6. The normalized spacial score (nSPS) is 12.0. The Bertz CT molecular complexity index is 1230. The quantitative estimate of drug-likeness (QED) is 0.504. The first-order chi connectivity index (χ1) is 14.2. The van der Waals surface area contributed by atoms with Gasteiger partial charge < -0.3 is 10.2 Å². The molecule has 4 N–H and O–H groups in total. The molecule has 0 heterocycles. The molecule has 0 saturated carbocycles. The molecule has 0 saturated heterocycles. The van der Waals surface area contributed by atoms with Crippen LogP contribution >= 0.6 is 0 Å². The summed E-state index contributed by atoms with van der Waals surface area (Å²) in [5, 5.41) is 24.7. The molecule has 0 aromatic heterocycles. The highest BCUT2D eigenvalue weighted by molar-refractivity contribution is 7.93. The lowest BCUT2D eigenvalue weighted by Crippen LogP contribution is -2.28. The van der Waals surface area contributed by atoms with E-state index in [1.807, 2.05) is 0 Å². The third kappa shape index (κ3) is 4.23. The van der Waals surface area contributed by atoms with Gasteiger partial charge in [0.15, 0.2) is 0 Å². The average Bonchev–Trinajstić information content (AvgIpc) is 2.74. The molecule has 30 heavy (non-hydrogen) atoms. The van der Waals surface area contributed by atoms with Crippen LogP contribution in [0.1, 0.15) is 11.1 Å². The van der Waals surface area contributed by atoms with Crippen LogP contribution in [0.15, 0.2) is 82.6 Å². The van der Waals surface area contributed by atoms with Gasteiger partial charge in [-0.3, -0.25) is 0 Å². The monoisotopic (exact) mass is 448 g/mol. The summed E-state index contributed by atoms with van der Waals surface area (Å²) in [6.07, 6.45) is 0. The summed E-state index contributed by atoms with van der Waals surface area (Å²) in [6.45, 7) is -0.860. The molecule has 3 aromatic carbocycles. The topological polar surface area (TPSA) is 138 Å². The van der Waals surface area contributed by atoms with Crippen LogP contribution in [-0.2, 0) is 33.3 Å². The number of anilines is 2. The minimum Gasteiger partial charge on any atom is -0.392 e. The van der Waals surface area contributed by atoms with Crippen LogP contribution in [0.4, 0.5) is 11.4 Å². The van der Waals surface area contributed by atoms with E-state index < -0.39 is 33.3 Å². The first kappa shape index (κ1) is 21.9.